The minimum absolute atomic E-state index is 0.218. The normalized spacial score (nSPS) is 12.0. The molecule has 14 heteroatoms. The van der Waals surface area contributed by atoms with Crippen LogP contribution in [0.2, 0.25) is 5.02 Å². The van der Waals surface area contributed by atoms with Crippen molar-refractivity contribution in [1.82, 2.24) is 9.55 Å². The van der Waals surface area contributed by atoms with Gasteiger partial charge in [-0.3, -0.25) is 19.5 Å². The van der Waals surface area contributed by atoms with Gasteiger partial charge in [-0.05, 0) is 29.8 Å². The van der Waals surface area contributed by atoms with Gasteiger partial charge in [0.05, 0.1) is 17.0 Å². The van der Waals surface area contributed by atoms with Gasteiger partial charge in [0.15, 0.2) is 5.69 Å². The minimum atomic E-state index is -5.03. The fourth-order valence-corrected chi connectivity index (χ4v) is 3.02. The Morgan fingerprint density at radius 2 is 1.73 bits per heavy atom. The first kappa shape index (κ1) is 24.0. The highest BCUT2D eigenvalue weighted by molar-refractivity contribution is 6.30. The van der Waals surface area contributed by atoms with Gasteiger partial charge in [0.1, 0.15) is 5.69 Å². The predicted molar refractivity (Wildman–Crippen MR) is 105 cm³/mol. The Morgan fingerprint density at radius 3 is 2.30 bits per heavy atom. The van der Waals surface area contributed by atoms with Crippen LogP contribution in [-0.2, 0) is 18.9 Å². The fourth-order valence-electron chi connectivity index (χ4n) is 2.80. The number of hydrogen-bond donors (Lipinski definition) is 1. The van der Waals surface area contributed by atoms with Gasteiger partial charge in [-0.1, -0.05) is 23.7 Å². The molecule has 2 aromatic carbocycles. The highest BCUT2D eigenvalue weighted by Gasteiger charge is 2.35. The van der Waals surface area contributed by atoms with Crippen molar-refractivity contribution in [3.05, 3.63) is 90.8 Å². The number of benzene rings is 2. The average molecular weight is 493 g/mol. The third-order valence-corrected chi connectivity index (χ3v) is 4.53. The van der Waals surface area contributed by atoms with Crippen molar-refractivity contribution in [2.75, 3.05) is 5.32 Å². The largest absolute Gasteiger partial charge is 0.433 e. The number of alkyl halides is 6. The van der Waals surface area contributed by atoms with E-state index in [2.05, 4.69) is 10.3 Å². The molecule has 1 heterocycles. The summed E-state index contributed by atoms with van der Waals surface area (Å²) in [7, 11) is 0. The van der Waals surface area contributed by atoms with Crippen LogP contribution in [0, 0.1) is 10.1 Å². The molecule has 3 rings (SSSR count). The molecule has 0 fully saturated rings. The molecule has 33 heavy (non-hydrogen) atoms. The highest BCUT2D eigenvalue weighted by atomic mass is 35.5. The zero-order chi connectivity index (χ0) is 24.6. The van der Waals surface area contributed by atoms with Crippen LogP contribution in [0.4, 0.5) is 43.7 Å². The molecule has 0 aliphatic carbocycles. The molecule has 0 bridgehead atoms. The Kier molecular flexibility index (Phi) is 6.36. The van der Waals surface area contributed by atoms with Crippen molar-refractivity contribution < 1.29 is 31.3 Å². The molecular formula is C19H11ClF6N4O3. The molecule has 0 aliphatic rings. The first-order valence-electron chi connectivity index (χ1n) is 8.82. The molecule has 0 unspecified atom stereocenters. The van der Waals surface area contributed by atoms with Crippen LogP contribution >= 0.6 is 11.6 Å². The van der Waals surface area contributed by atoms with Crippen molar-refractivity contribution in [2.45, 2.75) is 18.9 Å². The van der Waals surface area contributed by atoms with Crippen LogP contribution in [0.25, 0.3) is 0 Å². The topological polar surface area (TPSA) is 90.1 Å². The van der Waals surface area contributed by atoms with E-state index in [-0.39, 0.29) is 23.7 Å². The van der Waals surface area contributed by atoms with Crippen LogP contribution in [0.3, 0.4) is 0 Å². The fraction of sp³-hybridized carbons (Fsp3) is 0.158. The minimum Gasteiger partial charge on any atom is -0.320 e. The van der Waals surface area contributed by atoms with Crippen LogP contribution in [0.5, 0.6) is 0 Å². The second kappa shape index (κ2) is 8.73. The standard InChI is InChI=1S/C19H11ClF6N4O3/c20-12-3-1-2-10(6-12)9-29-16(31)8-15(19(24,25)26)28-17(29)27-13-5-4-11(18(21,22)23)7-14(13)30(32)33/h1-8H,9H2,(H,27,28). The molecule has 0 amide bonds. The van der Waals surface area contributed by atoms with Crippen molar-refractivity contribution in [3.8, 4) is 0 Å². The third-order valence-electron chi connectivity index (χ3n) is 4.30. The van der Waals surface area contributed by atoms with Crippen LogP contribution in [0.1, 0.15) is 16.8 Å². The van der Waals surface area contributed by atoms with Crippen molar-refractivity contribution in [3.63, 3.8) is 0 Å². The monoisotopic (exact) mass is 492 g/mol. The summed E-state index contributed by atoms with van der Waals surface area (Å²) in [5, 5.41) is 13.8. The van der Waals surface area contributed by atoms with Gasteiger partial charge in [0.25, 0.3) is 11.2 Å². The Balaban J connectivity index is 2.15. The first-order valence-corrected chi connectivity index (χ1v) is 9.19. The smallest absolute Gasteiger partial charge is 0.320 e. The molecule has 0 atom stereocenters. The number of nitrogens with one attached hydrogen (secondary N) is 1. The molecule has 0 saturated heterocycles. The highest BCUT2D eigenvalue weighted by Crippen LogP contribution is 2.36. The summed E-state index contributed by atoms with van der Waals surface area (Å²) in [4.78, 5) is 26.0. The summed E-state index contributed by atoms with van der Waals surface area (Å²) in [6.07, 6.45) is -9.93. The van der Waals surface area contributed by atoms with E-state index in [1.54, 1.807) is 0 Å². The van der Waals surface area contributed by atoms with Crippen molar-refractivity contribution >= 4 is 28.9 Å². The second-order valence-corrected chi connectivity index (χ2v) is 7.07. The van der Waals surface area contributed by atoms with E-state index >= 15 is 0 Å². The summed E-state index contributed by atoms with van der Waals surface area (Å²) in [6, 6.07) is 7.60. The maximum absolute atomic E-state index is 13.2. The third kappa shape index (κ3) is 5.61. The molecular weight excluding hydrogens is 482 g/mol. The molecule has 0 radical (unpaired) electrons. The molecule has 1 N–H and O–H groups in total. The van der Waals surface area contributed by atoms with Gasteiger partial charge in [-0.2, -0.15) is 26.3 Å². The van der Waals surface area contributed by atoms with Crippen LogP contribution < -0.4 is 10.9 Å². The van der Waals surface area contributed by atoms with E-state index < -0.39 is 51.4 Å². The summed E-state index contributed by atoms with van der Waals surface area (Å²) in [5.74, 6) is -0.766. The number of nitrogens with zero attached hydrogens (tertiary/aromatic N) is 3. The molecule has 7 nitrogen and oxygen atoms in total. The number of anilines is 2. The number of aromatic nitrogens is 2. The van der Waals surface area contributed by atoms with Gasteiger partial charge in [-0.25, -0.2) is 4.98 Å². The van der Waals surface area contributed by atoms with Crippen molar-refractivity contribution in [1.29, 1.82) is 0 Å². The molecule has 1 aromatic heterocycles. The lowest BCUT2D eigenvalue weighted by molar-refractivity contribution is -0.384. The Bertz CT molecular complexity index is 1270. The number of halogens is 7. The van der Waals surface area contributed by atoms with E-state index in [4.69, 9.17) is 11.6 Å². The van der Waals surface area contributed by atoms with E-state index in [0.29, 0.717) is 17.7 Å². The maximum Gasteiger partial charge on any atom is 0.433 e. The van der Waals surface area contributed by atoms with Crippen LogP contribution in [-0.4, -0.2) is 14.5 Å². The Labute approximate surface area is 185 Å². The number of hydrogen-bond acceptors (Lipinski definition) is 5. The Morgan fingerprint density at radius 1 is 1.03 bits per heavy atom. The van der Waals surface area contributed by atoms with Crippen LogP contribution in [0.15, 0.2) is 53.3 Å². The maximum atomic E-state index is 13.2. The molecule has 0 spiro atoms. The average Bonchev–Trinajstić information content (AvgIpc) is 2.69. The van der Waals surface area contributed by atoms with Gasteiger partial charge >= 0.3 is 12.4 Å². The summed E-state index contributed by atoms with van der Waals surface area (Å²) in [5.41, 5.74) is -5.38. The molecule has 0 saturated carbocycles. The number of rotatable bonds is 5. The van der Waals surface area contributed by atoms with Gasteiger partial charge < -0.3 is 5.32 Å². The number of nitro groups is 1. The van der Waals surface area contributed by atoms with Crippen molar-refractivity contribution in [2.24, 2.45) is 0 Å². The van der Waals surface area contributed by atoms with Gasteiger partial charge in [-0.15, -0.1) is 0 Å². The number of nitro benzene ring substituents is 1. The lowest BCUT2D eigenvalue weighted by Gasteiger charge is -2.16. The SMILES string of the molecule is O=c1cc(C(F)(F)F)nc(Nc2ccc(C(F)(F)F)cc2[N+](=O)[O-])n1Cc1cccc(Cl)c1. The molecule has 0 aliphatic heterocycles. The lowest BCUT2D eigenvalue weighted by Crippen LogP contribution is -2.27. The van der Waals surface area contributed by atoms with E-state index in [9.17, 15) is 41.3 Å². The second-order valence-electron chi connectivity index (χ2n) is 6.63. The zero-order valence-corrected chi connectivity index (χ0v) is 16.8. The Hall–Kier alpha value is -3.61. The van der Waals surface area contributed by atoms with E-state index in [1.807, 2.05) is 0 Å². The first-order chi connectivity index (χ1) is 15.3. The van der Waals surface area contributed by atoms with E-state index in [0.717, 1.165) is 4.57 Å². The molecule has 3 aromatic rings. The van der Waals surface area contributed by atoms with Gasteiger partial charge in [0.2, 0.25) is 5.95 Å². The summed E-state index contributed by atoms with van der Waals surface area (Å²) in [6.45, 7) is -0.332. The zero-order valence-electron chi connectivity index (χ0n) is 16.0. The molecule has 174 valence electrons. The predicted octanol–water partition coefficient (Wildman–Crippen LogP) is 5.63. The lowest BCUT2D eigenvalue weighted by atomic mass is 10.1. The quantitative estimate of drug-likeness (QED) is 0.283. The van der Waals surface area contributed by atoms with E-state index in [1.165, 1.54) is 24.3 Å². The summed E-state index contributed by atoms with van der Waals surface area (Å²) >= 11 is 5.88. The van der Waals surface area contributed by atoms with Gasteiger partial charge in [0, 0.05) is 17.2 Å². The summed E-state index contributed by atoms with van der Waals surface area (Å²) < 4.78 is 79.1.